The van der Waals surface area contributed by atoms with E-state index in [4.69, 9.17) is 5.73 Å². The maximum Gasteiger partial charge on any atom is 0.454 e. The summed E-state index contributed by atoms with van der Waals surface area (Å²) in [5.41, 5.74) is 5.01. The Labute approximate surface area is 72.3 Å². The van der Waals surface area contributed by atoms with E-state index in [2.05, 4.69) is 0 Å². The number of halogens is 5. The van der Waals surface area contributed by atoms with E-state index in [1.807, 2.05) is 5.32 Å². The third kappa shape index (κ3) is 4.37. The maximum atomic E-state index is 12.1. The Morgan fingerprint density at radius 3 is 2.00 bits per heavy atom. The highest BCUT2D eigenvalue weighted by molar-refractivity contribution is 4.77. The molecule has 0 unspecified atom stereocenters. The molecule has 0 radical (unpaired) electrons. The summed E-state index contributed by atoms with van der Waals surface area (Å²) in [5, 5.41) is 1.98. The average Bonchev–Trinajstić information content (AvgIpc) is 1.96. The second kappa shape index (κ2) is 4.71. The van der Waals surface area contributed by atoms with E-state index in [-0.39, 0.29) is 13.1 Å². The van der Waals surface area contributed by atoms with Gasteiger partial charge in [-0.3, -0.25) is 0 Å². The molecule has 0 aromatic rings. The zero-order valence-corrected chi connectivity index (χ0v) is 6.80. The van der Waals surface area contributed by atoms with Crippen molar-refractivity contribution in [1.82, 2.24) is 5.32 Å². The fourth-order valence-corrected chi connectivity index (χ4v) is 0.573. The zero-order chi connectivity index (χ0) is 10.5. The van der Waals surface area contributed by atoms with Crippen molar-refractivity contribution in [2.24, 2.45) is 5.73 Å². The van der Waals surface area contributed by atoms with E-state index in [9.17, 15) is 22.0 Å². The lowest BCUT2D eigenvalue weighted by atomic mass is 10.3. The Balaban J connectivity index is 3.77. The van der Waals surface area contributed by atoms with Gasteiger partial charge in [-0.2, -0.15) is 22.0 Å². The van der Waals surface area contributed by atoms with Crippen LogP contribution in [0.4, 0.5) is 22.0 Å². The van der Waals surface area contributed by atoms with E-state index in [0.29, 0.717) is 6.42 Å². The molecule has 0 saturated carbocycles. The van der Waals surface area contributed by atoms with Crippen LogP contribution >= 0.6 is 0 Å². The highest BCUT2D eigenvalue weighted by Crippen LogP contribution is 2.34. The Hall–Kier alpha value is -0.430. The van der Waals surface area contributed by atoms with Crippen molar-refractivity contribution in [2.45, 2.75) is 18.5 Å². The van der Waals surface area contributed by atoms with Gasteiger partial charge in [-0.15, -0.1) is 0 Å². The number of nitrogens with two attached hydrogens (primary N) is 1. The first-order chi connectivity index (χ1) is 5.81. The first-order valence-corrected chi connectivity index (χ1v) is 3.66. The van der Waals surface area contributed by atoms with E-state index in [1.165, 1.54) is 0 Å². The van der Waals surface area contributed by atoms with Gasteiger partial charge in [0.1, 0.15) is 0 Å². The van der Waals surface area contributed by atoms with Gasteiger partial charge in [0.15, 0.2) is 0 Å². The van der Waals surface area contributed by atoms with Gasteiger partial charge >= 0.3 is 12.1 Å². The minimum atomic E-state index is -5.48. The van der Waals surface area contributed by atoms with Gasteiger partial charge in [-0.05, 0) is 19.5 Å². The molecular weight excluding hydrogens is 195 g/mol. The zero-order valence-electron chi connectivity index (χ0n) is 6.80. The predicted molar refractivity (Wildman–Crippen MR) is 37.5 cm³/mol. The molecule has 3 N–H and O–H groups in total. The van der Waals surface area contributed by atoms with Gasteiger partial charge < -0.3 is 11.1 Å². The topological polar surface area (TPSA) is 38.0 Å². The average molecular weight is 206 g/mol. The summed E-state index contributed by atoms with van der Waals surface area (Å²) in [7, 11) is 0. The lowest BCUT2D eigenvalue weighted by Crippen LogP contribution is -2.45. The van der Waals surface area contributed by atoms with Gasteiger partial charge in [-0.25, -0.2) is 0 Å². The van der Waals surface area contributed by atoms with Gasteiger partial charge in [0.05, 0.1) is 6.54 Å². The fourth-order valence-electron chi connectivity index (χ4n) is 0.573. The van der Waals surface area contributed by atoms with Gasteiger partial charge in [0.25, 0.3) is 0 Å². The van der Waals surface area contributed by atoms with Crippen LogP contribution in [0, 0.1) is 0 Å². The Morgan fingerprint density at radius 1 is 1.08 bits per heavy atom. The van der Waals surface area contributed by atoms with Crippen molar-refractivity contribution >= 4 is 0 Å². The molecule has 0 saturated heterocycles. The minimum absolute atomic E-state index is 0.0577. The molecule has 80 valence electrons. The molecule has 0 aromatic carbocycles. The molecule has 0 fully saturated rings. The van der Waals surface area contributed by atoms with Crippen molar-refractivity contribution in [2.75, 3.05) is 19.6 Å². The van der Waals surface area contributed by atoms with E-state index >= 15 is 0 Å². The molecule has 0 aliphatic heterocycles. The fraction of sp³-hybridized carbons (Fsp3) is 1.00. The maximum absolute atomic E-state index is 12.1. The van der Waals surface area contributed by atoms with Gasteiger partial charge in [0.2, 0.25) is 0 Å². The molecule has 0 amide bonds. The van der Waals surface area contributed by atoms with Crippen LogP contribution in [0.15, 0.2) is 0 Å². The molecule has 2 nitrogen and oxygen atoms in total. The van der Waals surface area contributed by atoms with Crippen molar-refractivity contribution < 1.29 is 22.0 Å². The van der Waals surface area contributed by atoms with Crippen LogP contribution in [-0.2, 0) is 0 Å². The van der Waals surface area contributed by atoms with Crippen LogP contribution in [0.3, 0.4) is 0 Å². The van der Waals surface area contributed by atoms with E-state index < -0.39 is 18.6 Å². The molecule has 13 heavy (non-hydrogen) atoms. The molecule has 0 atom stereocenters. The van der Waals surface area contributed by atoms with Gasteiger partial charge in [0, 0.05) is 0 Å². The summed E-state index contributed by atoms with van der Waals surface area (Å²) in [6.45, 7) is -1.08. The predicted octanol–water partition coefficient (Wildman–Crippen LogP) is 1.12. The van der Waals surface area contributed by atoms with Crippen molar-refractivity contribution in [3.8, 4) is 0 Å². The monoisotopic (exact) mass is 206 g/mol. The number of nitrogens with one attached hydrogen (secondary N) is 1. The summed E-state index contributed by atoms with van der Waals surface area (Å²) in [6, 6.07) is 0. The molecule has 0 rings (SSSR count). The molecule has 0 aromatic heterocycles. The quantitative estimate of drug-likeness (QED) is 0.522. The lowest BCUT2D eigenvalue weighted by Gasteiger charge is -2.19. The van der Waals surface area contributed by atoms with Crippen molar-refractivity contribution in [3.05, 3.63) is 0 Å². The standard InChI is InChI=1S/C6H11F5N2/c7-5(8,6(9,10)11)4-13-3-1-2-12/h13H,1-4,12H2. The van der Waals surface area contributed by atoms with Crippen LogP contribution in [-0.4, -0.2) is 31.7 Å². The van der Waals surface area contributed by atoms with Crippen LogP contribution in [0.1, 0.15) is 6.42 Å². The minimum Gasteiger partial charge on any atom is -0.330 e. The number of rotatable bonds is 5. The highest BCUT2D eigenvalue weighted by atomic mass is 19.4. The summed E-state index contributed by atoms with van der Waals surface area (Å²) >= 11 is 0. The molecular formula is C6H11F5N2. The Kier molecular flexibility index (Phi) is 4.55. The molecule has 0 bridgehead atoms. The normalized spacial score (nSPS) is 13.4. The Bertz CT molecular complexity index is 144. The van der Waals surface area contributed by atoms with Crippen LogP contribution < -0.4 is 11.1 Å². The number of hydrogen-bond donors (Lipinski definition) is 2. The smallest absolute Gasteiger partial charge is 0.330 e. The third-order valence-electron chi connectivity index (χ3n) is 1.32. The first-order valence-electron chi connectivity index (χ1n) is 3.66. The van der Waals surface area contributed by atoms with Crippen LogP contribution in [0.25, 0.3) is 0 Å². The first kappa shape index (κ1) is 12.6. The lowest BCUT2D eigenvalue weighted by molar-refractivity contribution is -0.279. The second-order valence-electron chi connectivity index (χ2n) is 2.52. The van der Waals surface area contributed by atoms with Crippen LogP contribution in [0.5, 0.6) is 0 Å². The molecule has 0 aliphatic carbocycles. The SMILES string of the molecule is NCCCNCC(F)(F)C(F)(F)F. The number of hydrogen-bond acceptors (Lipinski definition) is 2. The molecule has 0 spiro atoms. The molecule has 7 heteroatoms. The van der Waals surface area contributed by atoms with Crippen molar-refractivity contribution in [1.29, 1.82) is 0 Å². The number of alkyl halides is 5. The van der Waals surface area contributed by atoms with E-state index in [1.54, 1.807) is 0 Å². The summed E-state index contributed by atoms with van der Waals surface area (Å²) in [5.74, 6) is -4.67. The highest BCUT2D eigenvalue weighted by Gasteiger charge is 2.56. The summed E-state index contributed by atoms with van der Waals surface area (Å²) in [4.78, 5) is 0. The summed E-state index contributed by atoms with van der Waals surface area (Å²) < 4.78 is 58.9. The summed E-state index contributed by atoms with van der Waals surface area (Å²) in [6.07, 6.45) is -5.11. The van der Waals surface area contributed by atoms with Crippen LogP contribution in [0.2, 0.25) is 0 Å². The third-order valence-corrected chi connectivity index (χ3v) is 1.32. The second-order valence-corrected chi connectivity index (χ2v) is 2.52. The molecule has 0 aliphatic rings. The molecule has 0 heterocycles. The largest absolute Gasteiger partial charge is 0.454 e. The Morgan fingerprint density at radius 2 is 1.62 bits per heavy atom. The van der Waals surface area contributed by atoms with Crippen molar-refractivity contribution in [3.63, 3.8) is 0 Å². The van der Waals surface area contributed by atoms with E-state index in [0.717, 1.165) is 0 Å². The van der Waals surface area contributed by atoms with Gasteiger partial charge in [-0.1, -0.05) is 0 Å².